The van der Waals surface area contributed by atoms with Crippen LogP contribution in [0.3, 0.4) is 0 Å². The second-order valence-electron chi connectivity index (χ2n) is 4.43. The van der Waals surface area contributed by atoms with E-state index in [-0.39, 0.29) is 0 Å². The number of fused-ring (bicyclic) bond motifs is 3. The average molecular weight is 203 g/mol. The third-order valence-electron chi connectivity index (χ3n) is 2.85. The van der Waals surface area contributed by atoms with Crippen LogP contribution < -0.4 is 5.32 Å². The van der Waals surface area contributed by atoms with Gasteiger partial charge in [-0.1, -0.05) is 12.1 Å². The lowest BCUT2D eigenvalue weighted by atomic mass is 10.3. The fraction of sp³-hybridized carbons (Fsp3) is 0.300. The van der Waals surface area contributed by atoms with E-state index in [0.29, 0.717) is 0 Å². The highest BCUT2D eigenvalue weighted by atomic mass is 28.3. The summed E-state index contributed by atoms with van der Waals surface area (Å²) < 4.78 is 2.42. The monoisotopic (exact) mass is 203 g/mol. The lowest BCUT2D eigenvalue weighted by Crippen LogP contribution is -2.36. The molecule has 3 rings (SSSR count). The van der Waals surface area contributed by atoms with Gasteiger partial charge in [0.15, 0.2) is 14.2 Å². The first-order chi connectivity index (χ1) is 6.68. The first kappa shape index (κ1) is 8.05. The minimum Gasteiger partial charge on any atom is -0.357 e. The summed E-state index contributed by atoms with van der Waals surface area (Å²) in [6.45, 7) is 4.73. The maximum atomic E-state index is 4.58. The third-order valence-corrected chi connectivity index (χ3v) is 5.55. The molecule has 0 aliphatic carbocycles. The molecule has 2 aromatic rings. The topological polar surface area (TPSA) is 29.9 Å². The molecule has 0 fully saturated rings. The summed E-state index contributed by atoms with van der Waals surface area (Å²) in [7, 11) is -1.33. The molecular formula is C10H13N3Si. The molecule has 3 nitrogen and oxygen atoms in total. The smallest absolute Gasteiger partial charge is 0.195 e. The van der Waals surface area contributed by atoms with Gasteiger partial charge in [-0.3, -0.25) is 0 Å². The maximum Gasteiger partial charge on any atom is 0.195 e. The van der Waals surface area contributed by atoms with Gasteiger partial charge in [0.2, 0.25) is 0 Å². The fourth-order valence-electron chi connectivity index (χ4n) is 2.13. The van der Waals surface area contributed by atoms with Crippen LogP contribution in [0.25, 0.3) is 11.0 Å². The molecule has 1 aliphatic heterocycles. The third kappa shape index (κ3) is 0.888. The molecule has 0 spiro atoms. The van der Waals surface area contributed by atoms with E-state index in [1.165, 1.54) is 5.52 Å². The molecule has 0 bridgehead atoms. The second-order valence-corrected chi connectivity index (χ2v) is 8.85. The Bertz CT molecular complexity index is 501. The largest absolute Gasteiger partial charge is 0.357 e. The molecule has 1 aromatic heterocycles. The van der Waals surface area contributed by atoms with E-state index in [1.54, 1.807) is 0 Å². The molecule has 0 unspecified atom stereocenters. The molecule has 0 atom stereocenters. The first-order valence-electron chi connectivity index (χ1n) is 4.90. The van der Waals surface area contributed by atoms with Gasteiger partial charge in [0.1, 0.15) is 0 Å². The number of anilines is 1. The molecule has 4 heteroatoms. The van der Waals surface area contributed by atoms with E-state index in [0.717, 1.165) is 17.6 Å². The van der Waals surface area contributed by atoms with Gasteiger partial charge < -0.3 is 9.55 Å². The number of nitrogens with zero attached hydrogens (tertiary/aromatic N) is 2. The SMILES string of the molecule is C[Si]1(C)CNc2nc3ccccc3n21. The van der Waals surface area contributed by atoms with Gasteiger partial charge >= 0.3 is 0 Å². The van der Waals surface area contributed by atoms with Gasteiger partial charge in [-0.15, -0.1) is 0 Å². The lowest BCUT2D eigenvalue weighted by Gasteiger charge is -2.16. The zero-order valence-electron chi connectivity index (χ0n) is 8.41. The summed E-state index contributed by atoms with van der Waals surface area (Å²) in [6.07, 6.45) is 1.10. The van der Waals surface area contributed by atoms with Crippen LogP contribution in [0.1, 0.15) is 0 Å². The molecule has 1 aliphatic rings. The lowest BCUT2D eigenvalue weighted by molar-refractivity contribution is 1.22. The van der Waals surface area contributed by atoms with Crippen molar-refractivity contribution in [1.29, 1.82) is 0 Å². The Labute approximate surface area is 83.9 Å². The van der Waals surface area contributed by atoms with Crippen LogP contribution >= 0.6 is 0 Å². The van der Waals surface area contributed by atoms with E-state index >= 15 is 0 Å². The number of para-hydroxylation sites is 2. The summed E-state index contributed by atoms with van der Waals surface area (Å²) in [4.78, 5) is 4.58. The second kappa shape index (κ2) is 2.39. The van der Waals surface area contributed by atoms with Crippen molar-refractivity contribution >= 4 is 25.2 Å². The van der Waals surface area contributed by atoms with Crippen molar-refractivity contribution < 1.29 is 0 Å². The van der Waals surface area contributed by atoms with Crippen molar-refractivity contribution in [3.63, 3.8) is 0 Å². The van der Waals surface area contributed by atoms with E-state index in [1.807, 2.05) is 6.07 Å². The number of hydrogen-bond acceptors (Lipinski definition) is 2. The van der Waals surface area contributed by atoms with Gasteiger partial charge in [0, 0.05) is 6.17 Å². The first-order valence-corrected chi connectivity index (χ1v) is 8.06. The van der Waals surface area contributed by atoms with Crippen molar-refractivity contribution in [1.82, 2.24) is 9.22 Å². The number of nitrogens with one attached hydrogen (secondary N) is 1. The van der Waals surface area contributed by atoms with Crippen molar-refractivity contribution in [3.8, 4) is 0 Å². The Balaban J connectivity index is 2.41. The number of benzene rings is 1. The van der Waals surface area contributed by atoms with E-state index in [2.05, 4.69) is 45.8 Å². The zero-order valence-corrected chi connectivity index (χ0v) is 9.41. The highest BCUT2D eigenvalue weighted by Gasteiger charge is 2.34. The molecule has 14 heavy (non-hydrogen) atoms. The van der Waals surface area contributed by atoms with E-state index in [4.69, 9.17) is 0 Å². The number of rotatable bonds is 0. The Hall–Kier alpha value is -1.29. The molecule has 1 N–H and O–H groups in total. The van der Waals surface area contributed by atoms with E-state index in [9.17, 15) is 0 Å². The quantitative estimate of drug-likeness (QED) is 0.664. The summed E-state index contributed by atoms with van der Waals surface area (Å²) in [6, 6.07) is 8.36. The van der Waals surface area contributed by atoms with Crippen LogP contribution in [0.15, 0.2) is 24.3 Å². The van der Waals surface area contributed by atoms with Crippen LogP contribution in [0.4, 0.5) is 5.95 Å². The summed E-state index contributed by atoms with van der Waals surface area (Å²) in [5, 5.41) is 3.39. The Morgan fingerprint density at radius 3 is 3.00 bits per heavy atom. The van der Waals surface area contributed by atoms with Crippen LogP contribution in [0.5, 0.6) is 0 Å². The Kier molecular flexibility index (Phi) is 1.37. The van der Waals surface area contributed by atoms with E-state index < -0.39 is 8.24 Å². The minimum absolute atomic E-state index is 1.06. The summed E-state index contributed by atoms with van der Waals surface area (Å²) in [5.74, 6) is 1.06. The van der Waals surface area contributed by atoms with Gasteiger partial charge in [-0.05, 0) is 25.2 Å². The molecule has 0 amide bonds. The maximum absolute atomic E-state index is 4.58. The van der Waals surface area contributed by atoms with Gasteiger partial charge in [0.05, 0.1) is 11.0 Å². The van der Waals surface area contributed by atoms with Gasteiger partial charge in [-0.2, -0.15) is 0 Å². The van der Waals surface area contributed by atoms with Crippen molar-refractivity contribution in [3.05, 3.63) is 24.3 Å². The van der Waals surface area contributed by atoms with Crippen molar-refractivity contribution in [2.45, 2.75) is 13.1 Å². The molecule has 0 radical (unpaired) electrons. The Morgan fingerprint density at radius 1 is 1.36 bits per heavy atom. The van der Waals surface area contributed by atoms with Crippen LogP contribution in [0, 0.1) is 0 Å². The molecule has 72 valence electrons. The average Bonchev–Trinajstić information content (AvgIpc) is 2.65. The fourth-order valence-corrected chi connectivity index (χ4v) is 4.42. The standard InChI is InChI=1S/C10H13N3Si/c1-14(2)7-11-10-12-8-5-3-4-6-9(8)13(10)14/h3-6H,7H2,1-2H3,(H,11,12). The summed E-state index contributed by atoms with van der Waals surface area (Å²) >= 11 is 0. The van der Waals surface area contributed by atoms with Crippen LogP contribution in [-0.4, -0.2) is 23.6 Å². The number of hydrogen-bond donors (Lipinski definition) is 1. The molecule has 0 saturated heterocycles. The normalized spacial score (nSPS) is 18.1. The van der Waals surface area contributed by atoms with Gasteiger partial charge in [-0.25, -0.2) is 4.98 Å². The predicted molar refractivity (Wildman–Crippen MR) is 61.1 cm³/mol. The molecule has 0 saturated carbocycles. The summed E-state index contributed by atoms with van der Waals surface area (Å²) in [5.41, 5.74) is 2.39. The zero-order chi connectivity index (χ0) is 9.76. The van der Waals surface area contributed by atoms with Crippen LogP contribution in [-0.2, 0) is 0 Å². The Morgan fingerprint density at radius 2 is 2.14 bits per heavy atom. The van der Waals surface area contributed by atoms with Crippen molar-refractivity contribution in [2.24, 2.45) is 0 Å². The highest BCUT2D eigenvalue weighted by molar-refractivity contribution is 6.78. The number of imidazole rings is 1. The van der Waals surface area contributed by atoms with Crippen molar-refractivity contribution in [2.75, 3.05) is 11.5 Å². The minimum atomic E-state index is -1.33. The highest BCUT2D eigenvalue weighted by Crippen LogP contribution is 2.28. The molecular weight excluding hydrogens is 190 g/mol. The van der Waals surface area contributed by atoms with Crippen LogP contribution in [0.2, 0.25) is 13.1 Å². The molecule has 2 heterocycles. The molecule has 1 aromatic carbocycles. The predicted octanol–water partition coefficient (Wildman–Crippen LogP) is 2.05. The number of aromatic nitrogens is 2. The van der Waals surface area contributed by atoms with Gasteiger partial charge in [0.25, 0.3) is 0 Å².